The van der Waals surface area contributed by atoms with E-state index in [4.69, 9.17) is 4.74 Å². The van der Waals surface area contributed by atoms with Crippen molar-refractivity contribution in [2.45, 2.75) is 44.2 Å². The summed E-state index contributed by atoms with van der Waals surface area (Å²) in [5.74, 6) is -0.439. The van der Waals surface area contributed by atoms with Crippen molar-refractivity contribution in [1.82, 2.24) is 4.57 Å². The maximum atomic E-state index is 13.9. The Morgan fingerprint density at radius 1 is 0.829 bits per heavy atom. The first-order valence-electron chi connectivity index (χ1n) is 13.5. The number of anilines is 1. The van der Waals surface area contributed by atoms with Crippen LogP contribution in [-0.4, -0.2) is 26.1 Å². The van der Waals surface area contributed by atoms with Crippen LogP contribution in [0, 0.1) is 0 Å². The number of hydrogen-bond acceptors (Lipinski definition) is 4. The van der Waals surface area contributed by atoms with Crippen molar-refractivity contribution < 1.29 is 17.9 Å². The van der Waals surface area contributed by atoms with Gasteiger partial charge in [-0.25, -0.2) is 13.2 Å². The summed E-state index contributed by atoms with van der Waals surface area (Å²) in [7, 11) is -2.55. The lowest BCUT2D eigenvalue weighted by molar-refractivity contribution is 0.0600. The summed E-state index contributed by atoms with van der Waals surface area (Å²) in [6.07, 6.45) is 2.04. The Morgan fingerprint density at radius 2 is 1.49 bits per heavy atom. The maximum absolute atomic E-state index is 13.9. The van der Waals surface area contributed by atoms with E-state index in [-0.39, 0.29) is 16.9 Å². The Labute approximate surface area is 241 Å². The molecule has 0 aliphatic rings. The summed E-state index contributed by atoms with van der Waals surface area (Å²) in [6, 6.07) is 31.7. The van der Waals surface area contributed by atoms with Gasteiger partial charge in [0, 0.05) is 23.6 Å². The fraction of sp³-hybridized carbons (Fsp3) is 0.206. The molecule has 0 radical (unpaired) electrons. The number of esters is 1. The highest BCUT2D eigenvalue weighted by atomic mass is 32.2. The van der Waals surface area contributed by atoms with Gasteiger partial charge in [0.05, 0.1) is 29.8 Å². The molecule has 210 valence electrons. The van der Waals surface area contributed by atoms with Gasteiger partial charge in [-0.3, -0.25) is 4.31 Å². The first kappa shape index (κ1) is 28.2. The van der Waals surface area contributed by atoms with E-state index in [2.05, 4.69) is 49.6 Å². The average Bonchev–Trinajstić information content (AvgIpc) is 3.37. The van der Waals surface area contributed by atoms with Crippen LogP contribution in [0.25, 0.3) is 10.9 Å². The van der Waals surface area contributed by atoms with Gasteiger partial charge in [-0.05, 0) is 70.6 Å². The highest BCUT2D eigenvalue weighted by Gasteiger charge is 2.26. The van der Waals surface area contributed by atoms with Gasteiger partial charge in [0.15, 0.2) is 0 Å². The summed E-state index contributed by atoms with van der Waals surface area (Å²) >= 11 is 0. The van der Waals surface area contributed by atoms with Gasteiger partial charge in [-0.2, -0.15) is 0 Å². The van der Waals surface area contributed by atoms with Crippen molar-refractivity contribution in [3.63, 3.8) is 0 Å². The van der Waals surface area contributed by atoms with Crippen LogP contribution in [0.4, 0.5) is 5.69 Å². The van der Waals surface area contributed by atoms with Gasteiger partial charge in [-0.15, -0.1) is 0 Å². The minimum Gasteiger partial charge on any atom is -0.465 e. The molecule has 6 nitrogen and oxygen atoms in total. The molecule has 0 N–H and O–H groups in total. The molecule has 5 aromatic rings. The van der Waals surface area contributed by atoms with E-state index in [0.717, 1.165) is 16.5 Å². The summed E-state index contributed by atoms with van der Waals surface area (Å²) in [5.41, 5.74) is 5.33. The van der Waals surface area contributed by atoms with Crippen LogP contribution in [0.3, 0.4) is 0 Å². The van der Waals surface area contributed by atoms with E-state index in [1.807, 2.05) is 30.5 Å². The molecule has 0 aliphatic carbocycles. The fourth-order valence-corrected chi connectivity index (χ4v) is 6.32. The number of nitrogens with zero attached hydrogens (tertiary/aromatic N) is 2. The number of ether oxygens (including phenoxy) is 1. The first-order chi connectivity index (χ1) is 19.6. The molecule has 0 unspecified atom stereocenters. The van der Waals surface area contributed by atoms with Crippen LogP contribution in [-0.2, 0) is 33.3 Å². The average molecular weight is 567 g/mol. The van der Waals surface area contributed by atoms with E-state index in [1.165, 1.54) is 22.5 Å². The van der Waals surface area contributed by atoms with E-state index in [9.17, 15) is 13.2 Å². The van der Waals surface area contributed by atoms with E-state index in [1.54, 1.807) is 54.6 Å². The van der Waals surface area contributed by atoms with Gasteiger partial charge in [0.1, 0.15) is 0 Å². The zero-order valence-corrected chi connectivity index (χ0v) is 24.6. The van der Waals surface area contributed by atoms with Crippen LogP contribution in [0.5, 0.6) is 0 Å². The molecule has 4 aromatic carbocycles. The van der Waals surface area contributed by atoms with Crippen molar-refractivity contribution in [2.24, 2.45) is 0 Å². The van der Waals surface area contributed by atoms with Gasteiger partial charge in [-0.1, -0.05) is 75.4 Å². The second-order valence-corrected chi connectivity index (χ2v) is 13.0. The molecule has 7 heteroatoms. The SMILES string of the molecule is COC(=O)c1ccc(CN(c2ccc3c(ccn3Cc3ccc(C(C)(C)C)cc3)c2)S(=O)(=O)c2ccccc2)cc1. The number of rotatable bonds is 8. The van der Waals surface area contributed by atoms with Crippen molar-refractivity contribution in [3.8, 4) is 0 Å². The Morgan fingerprint density at radius 3 is 2.12 bits per heavy atom. The maximum Gasteiger partial charge on any atom is 0.337 e. The summed E-state index contributed by atoms with van der Waals surface area (Å²) in [6.45, 7) is 7.43. The summed E-state index contributed by atoms with van der Waals surface area (Å²) < 4.78 is 36.1. The third kappa shape index (κ3) is 6.05. The first-order valence-corrected chi connectivity index (χ1v) is 14.9. The second kappa shape index (κ2) is 11.3. The smallest absolute Gasteiger partial charge is 0.337 e. The topological polar surface area (TPSA) is 68.6 Å². The quantitative estimate of drug-likeness (QED) is 0.187. The molecule has 0 atom stereocenters. The highest BCUT2D eigenvalue weighted by Crippen LogP contribution is 2.30. The van der Waals surface area contributed by atoms with Gasteiger partial charge in [0.2, 0.25) is 0 Å². The van der Waals surface area contributed by atoms with E-state index < -0.39 is 16.0 Å². The zero-order chi connectivity index (χ0) is 29.2. The van der Waals surface area contributed by atoms with Crippen molar-refractivity contribution >= 4 is 32.6 Å². The number of sulfonamides is 1. The molecule has 0 amide bonds. The van der Waals surface area contributed by atoms with Crippen LogP contribution in [0.15, 0.2) is 114 Å². The number of aromatic nitrogens is 1. The molecule has 1 heterocycles. The van der Waals surface area contributed by atoms with Gasteiger partial charge < -0.3 is 9.30 Å². The lowest BCUT2D eigenvalue weighted by atomic mass is 9.87. The van der Waals surface area contributed by atoms with E-state index >= 15 is 0 Å². The second-order valence-electron chi connectivity index (χ2n) is 11.1. The molecule has 0 spiro atoms. The van der Waals surface area contributed by atoms with Crippen LogP contribution >= 0.6 is 0 Å². The third-order valence-corrected chi connectivity index (χ3v) is 9.04. The van der Waals surface area contributed by atoms with Crippen LogP contribution in [0.1, 0.15) is 47.8 Å². The number of fused-ring (bicyclic) bond motifs is 1. The third-order valence-electron chi connectivity index (χ3n) is 7.25. The fourth-order valence-electron chi connectivity index (χ4n) is 4.85. The highest BCUT2D eigenvalue weighted by molar-refractivity contribution is 7.92. The van der Waals surface area contributed by atoms with Crippen LogP contribution in [0.2, 0.25) is 0 Å². The molecule has 1 aromatic heterocycles. The Balaban J connectivity index is 1.48. The molecule has 0 bridgehead atoms. The monoisotopic (exact) mass is 566 g/mol. The summed E-state index contributed by atoms with van der Waals surface area (Å²) in [4.78, 5) is 12.1. The molecular weight excluding hydrogens is 532 g/mol. The lowest BCUT2D eigenvalue weighted by Crippen LogP contribution is -2.30. The molecule has 0 saturated carbocycles. The van der Waals surface area contributed by atoms with Crippen molar-refractivity contribution in [3.05, 3.63) is 132 Å². The van der Waals surface area contributed by atoms with Crippen molar-refractivity contribution in [2.75, 3.05) is 11.4 Å². The van der Waals surface area contributed by atoms with Crippen molar-refractivity contribution in [1.29, 1.82) is 0 Å². The normalized spacial score (nSPS) is 11.9. The lowest BCUT2D eigenvalue weighted by Gasteiger charge is -2.25. The predicted molar refractivity (Wildman–Crippen MR) is 164 cm³/mol. The Hall–Kier alpha value is -4.36. The zero-order valence-electron chi connectivity index (χ0n) is 23.7. The molecule has 0 aliphatic heterocycles. The standard InChI is InChI=1S/C34H34N2O4S/c1-34(2,3)29-16-12-25(13-17-29)23-35-21-20-28-22-30(18-19-32(28)35)36(41(38,39)31-8-6-5-7-9-31)24-26-10-14-27(15-11-26)33(37)40-4/h5-22H,23-24H2,1-4H3. The number of methoxy groups -OCH3 is 1. The molecule has 0 saturated heterocycles. The minimum absolute atomic E-state index is 0.102. The Kier molecular flexibility index (Phi) is 7.74. The molecular formula is C34H34N2O4S. The minimum atomic E-state index is -3.88. The largest absolute Gasteiger partial charge is 0.465 e. The molecule has 41 heavy (non-hydrogen) atoms. The molecule has 5 rings (SSSR count). The van der Waals surface area contributed by atoms with Gasteiger partial charge in [0.25, 0.3) is 10.0 Å². The van der Waals surface area contributed by atoms with Gasteiger partial charge >= 0.3 is 5.97 Å². The number of hydrogen-bond donors (Lipinski definition) is 0. The Bertz CT molecular complexity index is 1770. The molecule has 0 fully saturated rings. The number of carbonyl (C=O) groups is 1. The summed E-state index contributed by atoms with van der Waals surface area (Å²) in [5, 5.41) is 0.947. The van der Waals surface area contributed by atoms with Crippen LogP contribution < -0.4 is 4.31 Å². The predicted octanol–water partition coefficient (Wildman–Crippen LogP) is 7.17. The number of carbonyl (C=O) groups excluding carboxylic acids is 1. The van der Waals surface area contributed by atoms with E-state index in [0.29, 0.717) is 17.8 Å². The number of benzene rings is 4.